The molecule has 1 heteroatoms. The lowest BCUT2D eigenvalue weighted by molar-refractivity contribution is 1.15. The van der Waals surface area contributed by atoms with Gasteiger partial charge in [-0.05, 0) is 65.1 Å². The van der Waals surface area contributed by atoms with Crippen molar-refractivity contribution >= 4 is 38.2 Å². The van der Waals surface area contributed by atoms with E-state index in [1.54, 1.807) is 0 Å². The van der Waals surface area contributed by atoms with Crippen molar-refractivity contribution in [1.29, 1.82) is 0 Å². The van der Waals surface area contributed by atoms with Gasteiger partial charge in [0.2, 0.25) is 0 Å². The Kier molecular flexibility index (Phi) is 4.81. The number of aromatic nitrogens is 1. The van der Waals surface area contributed by atoms with Gasteiger partial charge in [-0.2, -0.15) is 0 Å². The third-order valence-electron chi connectivity index (χ3n) is 6.60. The molecule has 6 aromatic rings. The van der Waals surface area contributed by atoms with Gasteiger partial charge in [-0.25, -0.2) is 0 Å². The van der Waals surface area contributed by atoms with E-state index in [0.717, 1.165) is 6.42 Å². The molecule has 0 unspecified atom stereocenters. The van der Waals surface area contributed by atoms with Crippen LogP contribution in [0, 0.1) is 0 Å². The van der Waals surface area contributed by atoms with E-state index in [4.69, 9.17) is 0 Å². The molecule has 1 nitrogen and oxygen atoms in total. The molecule has 0 aliphatic rings. The fourth-order valence-corrected chi connectivity index (χ4v) is 4.93. The molecule has 33 heavy (non-hydrogen) atoms. The average Bonchev–Trinajstić information content (AvgIpc) is 3.23. The quantitative estimate of drug-likeness (QED) is 0.267. The lowest BCUT2D eigenvalue weighted by atomic mass is 10.0. The Bertz CT molecular complexity index is 1630. The number of hydrogen-bond donors (Lipinski definition) is 0. The van der Waals surface area contributed by atoms with Crippen molar-refractivity contribution in [2.75, 3.05) is 0 Å². The normalized spacial score (nSPS) is 12.1. The summed E-state index contributed by atoms with van der Waals surface area (Å²) in [5.41, 5.74) is 7.61. The van der Waals surface area contributed by atoms with E-state index < -0.39 is 0 Å². The van der Waals surface area contributed by atoms with Crippen molar-refractivity contribution < 1.29 is 0 Å². The molecule has 0 radical (unpaired) electrons. The average molecular weight is 424 g/mol. The minimum Gasteiger partial charge on any atom is -0.309 e. The minimum absolute atomic E-state index is 0.911. The maximum Gasteiger partial charge on any atom is 0.0547 e. The van der Waals surface area contributed by atoms with Crippen molar-refractivity contribution in [2.24, 2.45) is 0 Å². The molecule has 1 aromatic heterocycles. The molecule has 0 aliphatic heterocycles. The van der Waals surface area contributed by atoms with E-state index in [1.807, 2.05) is 0 Å². The van der Waals surface area contributed by atoms with Crippen LogP contribution >= 0.6 is 0 Å². The first-order valence-corrected chi connectivity index (χ1v) is 11.5. The predicted molar refractivity (Wildman–Crippen MR) is 142 cm³/mol. The van der Waals surface area contributed by atoms with Crippen molar-refractivity contribution in [3.05, 3.63) is 132 Å². The molecule has 1 heterocycles. The van der Waals surface area contributed by atoms with Crippen LogP contribution < -0.4 is 0 Å². The zero-order valence-electron chi connectivity index (χ0n) is 18.7. The number of benzene rings is 5. The van der Waals surface area contributed by atoms with Gasteiger partial charge in [-0.3, -0.25) is 0 Å². The Morgan fingerprint density at radius 3 is 2.30 bits per heavy atom. The molecular weight excluding hydrogens is 398 g/mol. The topological polar surface area (TPSA) is 4.93 Å². The van der Waals surface area contributed by atoms with Crippen LogP contribution in [0.15, 0.2) is 121 Å². The lowest BCUT2D eigenvalue weighted by Crippen LogP contribution is -1.95. The Balaban J connectivity index is 1.49. The third-order valence-corrected chi connectivity index (χ3v) is 6.60. The molecule has 158 valence electrons. The van der Waals surface area contributed by atoms with Crippen LogP contribution in [0.5, 0.6) is 0 Å². The highest BCUT2D eigenvalue weighted by atomic mass is 15.0. The minimum atomic E-state index is 0.911. The number of fused-ring (bicyclic) bond motifs is 5. The highest BCUT2D eigenvalue weighted by Crippen LogP contribution is 2.36. The Morgan fingerprint density at radius 1 is 0.667 bits per heavy atom. The first kappa shape index (κ1) is 19.6. The summed E-state index contributed by atoms with van der Waals surface area (Å²) in [4.78, 5) is 0. The zero-order chi connectivity index (χ0) is 22.2. The highest BCUT2D eigenvalue weighted by molar-refractivity contribution is 6.21. The van der Waals surface area contributed by atoms with Gasteiger partial charge in [0.25, 0.3) is 0 Å². The molecule has 6 rings (SSSR count). The fourth-order valence-electron chi connectivity index (χ4n) is 4.93. The van der Waals surface area contributed by atoms with Crippen molar-refractivity contribution in [1.82, 2.24) is 4.57 Å². The van der Waals surface area contributed by atoms with Crippen LogP contribution in [0.25, 0.3) is 43.8 Å². The Hall–Kier alpha value is -4.10. The third kappa shape index (κ3) is 3.43. The number of hydrogen-bond acceptors (Lipinski definition) is 0. The van der Waals surface area contributed by atoms with Crippen LogP contribution in [0.1, 0.15) is 18.1 Å². The molecule has 0 amide bonds. The first-order chi connectivity index (χ1) is 16.3. The van der Waals surface area contributed by atoms with Gasteiger partial charge < -0.3 is 4.57 Å². The molecule has 0 fully saturated rings. The van der Waals surface area contributed by atoms with Gasteiger partial charge in [0, 0.05) is 16.5 Å². The molecule has 0 saturated carbocycles. The predicted octanol–water partition coefficient (Wildman–Crippen LogP) is 8.58. The number of para-hydroxylation sites is 1. The van der Waals surface area contributed by atoms with Gasteiger partial charge in [0.05, 0.1) is 11.0 Å². The number of allylic oxidation sites excluding steroid dienone is 2. The molecule has 0 N–H and O–H groups in total. The van der Waals surface area contributed by atoms with Crippen LogP contribution in [-0.4, -0.2) is 4.57 Å². The summed E-state index contributed by atoms with van der Waals surface area (Å²) in [6, 6.07) is 41.5. The standard InChI is InChI=1S/C32H25N/c1-23(25-11-3-2-4-12-25)18-19-24-10-9-14-27(22-24)33-30-17-8-7-16-29(30)32-28-15-6-5-13-26(28)20-21-31(32)33/h2-18,20-22H,19H2,1H3/b23-18-. The summed E-state index contributed by atoms with van der Waals surface area (Å²) in [7, 11) is 0. The highest BCUT2D eigenvalue weighted by Gasteiger charge is 2.14. The SMILES string of the molecule is C/C(=C/Cc1cccc(-n2c3ccccc3c3c4ccccc4ccc32)c1)c1ccccc1. The van der Waals surface area contributed by atoms with E-state index in [1.165, 1.54) is 55.0 Å². The van der Waals surface area contributed by atoms with Gasteiger partial charge >= 0.3 is 0 Å². The van der Waals surface area contributed by atoms with Gasteiger partial charge in [0.1, 0.15) is 0 Å². The van der Waals surface area contributed by atoms with Gasteiger partial charge in [-0.1, -0.05) is 97.1 Å². The second-order valence-corrected chi connectivity index (χ2v) is 8.66. The number of rotatable bonds is 4. The summed E-state index contributed by atoms with van der Waals surface area (Å²) in [6.45, 7) is 2.19. The molecule has 0 bridgehead atoms. The molecule has 0 saturated heterocycles. The lowest BCUT2D eigenvalue weighted by Gasteiger charge is -2.10. The van der Waals surface area contributed by atoms with E-state index in [2.05, 4.69) is 133 Å². The van der Waals surface area contributed by atoms with Crippen LogP contribution in [0.3, 0.4) is 0 Å². The second kappa shape index (κ2) is 8.11. The molecule has 0 spiro atoms. The van der Waals surface area contributed by atoms with Crippen LogP contribution in [-0.2, 0) is 6.42 Å². The monoisotopic (exact) mass is 423 g/mol. The number of nitrogens with zero attached hydrogens (tertiary/aromatic N) is 1. The Morgan fingerprint density at radius 2 is 1.42 bits per heavy atom. The van der Waals surface area contributed by atoms with Crippen molar-refractivity contribution in [3.8, 4) is 5.69 Å². The molecule has 0 atom stereocenters. The van der Waals surface area contributed by atoms with E-state index in [-0.39, 0.29) is 0 Å². The molecule has 5 aromatic carbocycles. The Labute approximate surface area is 194 Å². The van der Waals surface area contributed by atoms with E-state index in [0.29, 0.717) is 0 Å². The summed E-state index contributed by atoms with van der Waals surface area (Å²) >= 11 is 0. The zero-order valence-corrected chi connectivity index (χ0v) is 18.7. The summed E-state index contributed by atoms with van der Waals surface area (Å²) < 4.78 is 2.41. The summed E-state index contributed by atoms with van der Waals surface area (Å²) in [6.07, 6.45) is 3.24. The maximum atomic E-state index is 2.41. The largest absolute Gasteiger partial charge is 0.309 e. The molecular formula is C32H25N. The fraction of sp³-hybridized carbons (Fsp3) is 0.0625. The van der Waals surface area contributed by atoms with Crippen LogP contribution in [0.2, 0.25) is 0 Å². The van der Waals surface area contributed by atoms with E-state index in [9.17, 15) is 0 Å². The second-order valence-electron chi connectivity index (χ2n) is 8.66. The van der Waals surface area contributed by atoms with E-state index >= 15 is 0 Å². The smallest absolute Gasteiger partial charge is 0.0547 e. The van der Waals surface area contributed by atoms with Crippen molar-refractivity contribution in [3.63, 3.8) is 0 Å². The summed E-state index contributed by atoms with van der Waals surface area (Å²) in [5, 5.41) is 5.22. The first-order valence-electron chi connectivity index (χ1n) is 11.5. The summed E-state index contributed by atoms with van der Waals surface area (Å²) in [5.74, 6) is 0. The van der Waals surface area contributed by atoms with Gasteiger partial charge in [-0.15, -0.1) is 0 Å². The molecule has 0 aliphatic carbocycles. The maximum absolute atomic E-state index is 2.41. The van der Waals surface area contributed by atoms with Crippen molar-refractivity contribution in [2.45, 2.75) is 13.3 Å². The van der Waals surface area contributed by atoms with Crippen LogP contribution in [0.4, 0.5) is 0 Å². The van der Waals surface area contributed by atoms with Gasteiger partial charge in [0.15, 0.2) is 0 Å².